The number of nitrogens with zero attached hydrogens (tertiary/aromatic N) is 2. The zero-order valence-electron chi connectivity index (χ0n) is 17.2. The summed E-state index contributed by atoms with van der Waals surface area (Å²) in [6.45, 7) is 2.94. The molecule has 0 atom stereocenters. The molecule has 0 aliphatic rings. The van der Waals surface area contributed by atoms with Gasteiger partial charge in [-0.05, 0) is 70.4 Å². The highest BCUT2D eigenvalue weighted by Crippen LogP contribution is 2.36. The summed E-state index contributed by atoms with van der Waals surface area (Å²) in [5.41, 5.74) is 4.99. The van der Waals surface area contributed by atoms with Gasteiger partial charge in [0.15, 0.2) is 0 Å². The van der Waals surface area contributed by atoms with Crippen LogP contribution in [0.2, 0.25) is 0 Å². The van der Waals surface area contributed by atoms with Crippen molar-refractivity contribution in [3.8, 4) is 5.75 Å². The number of thiazole rings is 1. The Balaban J connectivity index is 1.82. The van der Waals surface area contributed by atoms with E-state index in [9.17, 15) is 9.50 Å². The van der Waals surface area contributed by atoms with E-state index in [0.29, 0.717) is 17.6 Å². The fourth-order valence-corrected chi connectivity index (χ4v) is 4.62. The van der Waals surface area contributed by atoms with E-state index >= 15 is 0 Å². The number of anilines is 2. The Bertz CT molecular complexity index is 1050. The smallest absolute Gasteiger partial charge is 0.131 e. The van der Waals surface area contributed by atoms with E-state index < -0.39 is 6.67 Å². The van der Waals surface area contributed by atoms with Gasteiger partial charge in [0.2, 0.25) is 0 Å². The topological polar surface area (TPSA) is 57.6 Å². The second-order valence-electron chi connectivity index (χ2n) is 6.83. The van der Waals surface area contributed by atoms with Crippen molar-refractivity contribution in [1.29, 1.82) is 0 Å². The maximum absolute atomic E-state index is 12.2. The molecule has 0 aliphatic heterocycles. The first kappa shape index (κ1) is 22.5. The number of fused-ring (bicyclic) bond motifs is 1. The third kappa shape index (κ3) is 5.11. The Hall–Kier alpha value is -2.16. The number of hydrogen-bond acceptors (Lipinski definition) is 6. The number of nitrogens with one attached hydrogen (secondary N) is 1. The molecule has 8 heteroatoms. The van der Waals surface area contributed by atoms with Gasteiger partial charge in [0.1, 0.15) is 17.4 Å². The lowest BCUT2D eigenvalue weighted by Crippen LogP contribution is -2.23. The fraction of sp³-hybridized carbons (Fsp3) is 0.318. The Morgan fingerprint density at radius 3 is 2.83 bits per heavy atom. The predicted molar refractivity (Wildman–Crippen MR) is 129 cm³/mol. The number of aromatic nitrogens is 1. The van der Waals surface area contributed by atoms with Crippen LogP contribution in [-0.4, -0.2) is 50.6 Å². The van der Waals surface area contributed by atoms with Gasteiger partial charge >= 0.3 is 0 Å². The zero-order chi connectivity index (χ0) is 21.7. The van der Waals surface area contributed by atoms with Crippen LogP contribution >= 0.6 is 27.3 Å². The van der Waals surface area contributed by atoms with E-state index in [1.54, 1.807) is 17.4 Å². The second-order valence-corrected chi connectivity index (χ2v) is 8.68. The first-order valence-electron chi connectivity index (χ1n) is 9.58. The molecule has 2 N–H and O–H groups in total. The molecule has 0 bridgehead atoms. The summed E-state index contributed by atoms with van der Waals surface area (Å²) in [5, 5.41) is 13.9. The first-order valence-corrected chi connectivity index (χ1v) is 11.2. The number of likely N-dealkylation sites (N-methyl/N-ethyl adjacent to an activating group) is 1. The average molecular weight is 494 g/mol. The molecule has 0 unspecified atom stereocenters. The van der Waals surface area contributed by atoms with Gasteiger partial charge in [0.25, 0.3) is 0 Å². The van der Waals surface area contributed by atoms with Crippen LogP contribution in [0.15, 0.2) is 28.7 Å². The largest absolute Gasteiger partial charge is 0.507 e. The quantitative estimate of drug-likeness (QED) is 0.374. The minimum absolute atomic E-state index is 0.142. The number of alkyl halides is 1. The Morgan fingerprint density at radius 1 is 1.30 bits per heavy atom. The van der Waals surface area contributed by atoms with Gasteiger partial charge in [-0.3, -0.25) is 0 Å². The van der Waals surface area contributed by atoms with Crippen molar-refractivity contribution in [3.05, 3.63) is 44.9 Å². The van der Waals surface area contributed by atoms with E-state index in [1.165, 1.54) is 0 Å². The number of hydrogen-bond donors (Lipinski definition) is 2. The van der Waals surface area contributed by atoms with E-state index in [1.807, 2.05) is 32.3 Å². The number of ether oxygens (including phenoxy) is 1. The van der Waals surface area contributed by atoms with Gasteiger partial charge < -0.3 is 20.1 Å². The summed E-state index contributed by atoms with van der Waals surface area (Å²) in [7, 11) is 3.83. The highest BCUT2D eigenvalue weighted by atomic mass is 79.9. The lowest BCUT2D eigenvalue weighted by atomic mass is 10.1. The second kappa shape index (κ2) is 10.2. The van der Waals surface area contributed by atoms with Crippen molar-refractivity contribution in [1.82, 2.24) is 4.98 Å². The van der Waals surface area contributed by atoms with E-state index in [0.717, 1.165) is 37.7 Å². The molecule has 30 heavy (non-hydrogen) atoms. The molecule has 0 fully saturated rings. The van der Waals surface area contributed by atoms with E-state index in [2.05, 4.69) is 45.2 Å². The van der Waals surface area contributed by atoms with Crippen molar-refractivity contribution in [3.63, 3.8) is 0 Å². The molecule has 3 rings (SSSR count). The molecule has 0 saturated carbocycles. The Labute approximate surface area is 188 Å². The van der Waals surface area contributed by atoms with Gasteiger partial charge in [-0.15, -0.1) is 11.3 Å². The van der Waals surface area contributed by atoms with Crippen molar-refractivity contribution < 1.29 is 14.2 Å². The van der Waals surface area contributed by atoms with Gasteiger partial charge in [-0.25, -0.2) is 9.37 Å². The van der Waals surface area contributed by atoms with Crippen LogP contribution in [0.4, 0.5) is 15.8 Å². The molecule has 2 aromatic carbocycles. The molecule has 5 nitrogen and oxygen atoms in total. The average Bonchev–Trinajstić information content (AvgIpc) is 3.12. The number of halogens is 2. The summed E-state index contributed by atoms with van der Waals surface area (Å²) in [4.78, 5) is 6.86. The Morgan fingerprint density at radius 2 is 2.10 bits per heavy atom. The number of rotatable bonds is 9. The summed E-state index contributed by atoms with van der Waals surface area (Å²) >= 11 is 5.03. The van der Waals surface area contributed by atoms with Crippen molar-refractivity contribution >= 4 is 61.0 Å². The summed E-state index contributed by atoms with van der Waals surface area (Å²) in [6, 6.07) is 7.75. The molecule has 160 valence electrons. The van der Waals surface area contributed by atoms with Crippen LogP contribution in [0.5, 0.6) is 5.75 Å². The number of phenols is 1. The normalized spacial score (nSPS) is 11.5. The lowest BCUT2D eigenvalue weighted by Gasteiger charge is -2.21. The van der Waals surface area contributed by atoms with Crippen LogP contribution in [-0.2, 0) is 4.74 Å². The highest BCUT2D eigenvalue weighted by Gasteiger charge is 2.11. The van der Waals surface area contributed by atoms with Crippen molar-refractivity contribution in [2.24, 2.45) is 0 Å². The molecule has 0 radical (unpaired) electrons. The van der Waals surface area contributed by atoms with Crippen LogP contribution in [0.25, 0.3) is 22.4 Å². The molecule has 1 heterocycles. The highest BCUT2D eigenvalue weighted by molar-refractivity contribution is 9.10. The lowest BCUT2D eigenvalue weighted by molar-refractivity contribution is 0.125. The predicted octanol–water partition coefficient (Wildman–Crippen LogP) is 5.71. The molecule has 0 aliphatic carbocycles. The van der Waals surface area contributed by atoms with E-state index in [4.69, 9.17) is 9.72 Å². The SMILES string of the molecule is CNc1c(/C=C/c2nc3cc(C)c(N(C)CCOCCF)cc3s2)ccc(O)c1Br. The van der Waals surface area contributed by atoms with Gasteiger partial charge in [0.05, 0.1) is 33.6 Å². The molecule has 1 aromatic heterocycles. The van der Waals surface area contributed by atoms with Gasteiger partial charge in [-0.2, -0.15) is 0 Å². The molecule has 0 amide bonds. The monoisotopic (exact) mass is 493 g/mol. The Kier molecular flexibility index (Phi) is 7.69. The third-order valence-corrected chi connectivity index (χ3v) is 6.52. The van der Waals surface area contributed by atoms with Crippen LogP contribution < -0.4 is 10.2 Å². The number of aryl methyl sites for hydroxylation is 1. The molecular formula is C22H25BrFN3O2S. The number of aromatic hydroxyl groups is 1. The third-order valence-electron chi connectivity index (χ3n) is 4.74. The van der Waals surface area contributed by atoms with E-state index in [-0.39, 0.29) is 12.4 Å². The summed E-state index contributed by atoms with van der Waals surface area (Å²) < 4.78 is 19.2. The summed E-state index contributed by atoms with van der Waals surface area (Å²) in [6.07, 6.45) is 3.96. The number of phenolic OH excluding ortho intramolecular Hbond substituents is 1. The maximum Gasteiger partial charge on any atom is 0.131 e. The van der Waals surface area contributed by atoms with Crippen LogP contribution in [0, 0.1) is 6.92 Å². The van der Waals surface area contributed by atoms with Crippen molar-refractivity contribution in [2.45, 2.75) is 6.92 Å². The minimum Gasteiger partial charge on any atom is -0.507 e. The standard InChI is InChI=1S/C22H25BrFN3O2S/c1-14-12-16-19(13-17(14)27(3)9-11-29-10-8-24)30-20(26-16)7-5-15-4-6-18(28)21(23)22(15)25-2/h4-7,12-13,25,28H,8-11H2,1-3H3/b7-5+. The molecule has 0 saturated heterocycles. The number of benzene rings is 2. The fourth-order valence-electron chi connectivity index (χ4n) is 3.18. The maximum atomic E-state index is 12.2. The van der Waals surface area contributed by atoms with Crippen LogP contribution in [0.1, 0.15) is 16.1 Å². The van der Waals surface area contributed by atoms with Crippen molar-refractivity contribution in [2.75, 3.05) is 50.7 Å². The molecule has 3 aromatic rings. The molecular weight excluding hydrogens is 469 g/mol. The van der Waals surface area contributed by atoms with Gasteiger partial charge in [0, 0.05) is 26.3 Å². The summed E-state index contributed by atoms with van der Waals surface area (Å²) in [5.74, 6) is 0.193. The zero-order valence-corrected chi connectivity index (χ0v) is 19.6. The van der Waals surface area contributed by atoms with Crippen LogP contribution in [0.3, 0.4) is 0 Å². The molecule has 0 spiro atoms. The van der Waals surface area contributed by atoms with Gasteiger partial charge in [-0.1, -0.05) is 0 Å². The first-order chi connectivity index (χ1) is 14.4. The minimum atomic E-state index is -0.456.